The number of H-pyrrole nitrogens is 1. The maximum absolute atomic E-state index is 13.5. The second kappa shape index (κ2) is 8.11. The first-order chi connectivity index (χ1) is 13.8. The van der Waals surface area contributed by atoms with Crippen molar-refractivity contribution in [3.05, 3.63) is 102 Å². The minimum atomic E-state index is -0.438. The van der Waals surface area contributed by atoms with Crippen molar-refractivity contribution in [2.45, 2.75) is 12.6 Å². The minimum Gasteiger partial charge on any atom is -0.497 e. The molecule has 28 heavy (non-hydrogen) atoms. The van der Waals surface area contributed by atoms with E-state index in [4.69, 9.17) is 4.74 Å². The van der Waals surface area contributed by atoms with Gasteiger partial charge in [0.2, 0.25) is 0 Å². The number of hydrogen-bond acceptors (Lipinski definition) is 3. The van der Waals surface area contributed by atoms with Gasteiger partial charge in [-0.15, -0.1) is 0 Å². The maximum Gasteiger partial charge on any atom is 0.186 e. The molecule has 0 spiro atoms. The molecule has 140 valence electrons. The van der Waals surface area contributed by atoms with Gasteiger partial charge in [0.1, 0.15) is 5.75 Å². The van der Waals surface area contributed by atoms with E-state index in [9.17, 15) is 4.79 Å². The van der Waals surface area contributed by atoms with Crippen LogP contribution in [0.2, 0.25) is 0 Å². The highest BCUT2D eigenvalue weighted by molar-refractivity contribution is 6.10. The monoisotopic (exact) mass is 370 g/mol. The number of aromatic nitrogens is 1. The zero-order valence-corrected chi connectivity index (χ0v) is 15.7. The van der Waals surface area contributed by atoms with Gasteiger partial charge in [0, 0.05) is 29.2 Å². The number of benzene rings is 3. The summed E-state index contributed by atoms with van der Waals surface area (Å²) in [5, 5.41) is 4.38. The summed E-state index contributed by atoms with van der Waals surface area (Å²) in [4.78, 5) is 16.7. The Balaban J connectivity index is 1.64. The molecule has 4 nitrogen and oxygen atoms in total. The SMILES string of the molecule is COc1cccc(CN[C@@H](C(=O)c2c[nH]c3ccccc23)c2ccccc2)c1. The summed E-state index contributed by atoms with van der Waals surface area (Å²) in [6, 6.07) is 25.1. The summed E-state index contributed by atoms with van der Waals surface area (Å²) in [5.74, 6) is 0.852. The van der Waals surface area contributed by atoms with Crippen LogP contribution in [0.15, 0.2) is 85.1 Å². The first kappa shape index (κ1) is 18.0. The Morgan fingerprint density at radius 1 is 1.00 bits per heavy atom. The van der Waals surface area contributed by atoms with Gasteiger partial charge in [-0.3, -0.25) is 10.1 Å². The van der Waals surface area contributed by atoms with Crippen LogP contribution in [0, 0.1) is 0 Å². The quantitative estimate of drug-likeness (QED) is 0.455. The number of carbonyl (C=O) groups is 1. The van der Waals surface area contributed by atoms with E-state index in [-0.39, 0.29) is 5.78 Å². The number of carbonyl (C=O) groups excluding carboxylic acids is 1. The van der Waals surface area contributed by atoms with Gasteiger partial charge in [0.15, 0.2) is 5.78 Å². The average molecular weight is 370 g/mol. The van der Waals surface area contributed by atoms with E-state index in [1.54, 1.807) is 13.3 Å². The van der Waals surface area contributed by atoms with Crippen molar-refractivity contribution in [3.8, 4) is 5.75 Å². The van der Waals surface area contributed by atoms with Crippen LogP contribution in [-0.2, 0) is 6.54 Å². The number of ketones is 1. The Morgan fingerprint density at radius 3 is 2.61 bits per heavy atom. The third-order valence-electron chi connectivity index (χ3n) is 4.89. The Morgan fingerprint density at radius 2 is 1.79 bits per heavy atom. The Labute approximate surface area is 164 Å². The molecule has 0 amide bonds. The van der Waals surface area contributed by atoms with Gasteiger partial charge in [-0.05, 0) is 29.3 Å². The second-order valence-corrected chi connectivity index (χ2v) is 6.69. The molecule has 0 aliphatic carbocycles. The second-order valence-electron chi connectivity index (χ2n) is 6.69. The first-order valence-electron chi connectivity index (χ1n) is 9.28. The topological polar surface area (TPSA) is 54.1 Å². The van der Waals surface area contributed by atoms with Crippen molar-refractivity contribution in [2.24, 2.45) is 0 Å². The summed E-state index contributed by atoms with van der Waals surface area (Å²) >= 11 is 0. The van der Waals surface area contributed by atoms with Crippen molar-refractivity contribution >= 4 is 16.7 Å². The standard InChI is InChI=1S/C24H22N2O2/c1-28-19-11-7-8-17(14-19)15-26-23(18-9-3-2-4-10-18)24(27)21-16-25-22-13-6-5-12-20(21)22/h2-14,16,23,25-26H,15H2,1H3/t23-/m1/s1. The molecular formula is C24H22N2O2. The van der Waals surface area contributed by atoms with Gasteiger partial charge in [0.05, 0.1) is 13.2 Å². The smallest absolute Gasteiger partial charge is 0.186 e. The zero-order valence-electron chi connectivity index (χ0n) is 15.7. The van der Waals surface area contributed by atoms with Gasteiger partial charge >= 0.3 is 0 Å². The molecule has 0 saturated carbocycles. The Kier molecular flexibility index (Phi) is 5.22. The number of hydrogen-bond donors (Lipinski definition) is 2. The minimum absolute atomic E-state index is 0.0477. The molecule has 4 rings (SSSR count). The van der Waals surface area contributed by atoms with E-state index in [2.05, 4.69) is 10.3 Å². The number of Topliss-reactive ketones (excluding diaryl/α,β-unsaturated/α-hetero) is 1. The number of rotatable bonds is 7. The average Bonchev–Trinajstić information content (AvgIpc) is 3.19. The molecule has 0 radical (unpaired) electrons. The van der Waals surface area contributed by atoms with Crippen LogP contribution >= 0.6 is 0 Å². The molecule has 4 aromatic rings. The summed E-state index contributed by atoms with van der Waals surface area (Å²) in [5.41, 5.74) is 3.67. The van der Waals surface area contributed by atoms with Crippen LogP contribution in [-0.4, -0.2) is 17.9 Å². The summed E-state index contributed by atoms with van der Waals surface area (Å²) in [6.45, 7) is 0.560. The highest BCUT2D eigenvalue weighted by atomic mass is 16.5. The van der Waals surface area contributed by atoms with Gasteiger partial charge in [-0.2, -0.15) is 0 Å². The summed E-state index contributed by atoms with van der Waals surface area (Å²) in [6.07, 6.45) is 1.80. The van der Waals surface area contributed by atoms with Gasteiger partial charge in [0.25, 0.3) is 0 Å². The molecule has 0 saturated heterocycles. The predicted octanol–water partition coefficient (Wildman–Crippen LogP) is 4.89. The number of ether oxygens (including phenoxy) is 1. The molecule has 0 fully saturated rings. The fourth-order valence-corrected chi connectivity index (χ4v) is 3.44. The van der Waals surface area contributed by atoms with Crippen LogP contribution in [0.25, 0.3) is 10.9 Å². The molecule has 1 heterocycles. The molecule has 1 aromatic heterocycles. The van der Waals surface area contributed by atoms with Crippen molar-refractivity contribution < 1.29 is 9.53 Å². The fraction of sp³-hybridized carbons (Fsp3) is 0.125. The van der Waals surface area contributed by atoms with E-state index in [1.165, 1.54) is 0 Å². The van der Waals surface area contributed by atoms with Crippen molar-refractivity contribution in [2.75, 3.05) is 7.11 Å². The highest BCUT2D eigenvalue weighted by Crippen LogP contribution is 2.25. The number of nitrogens with one attached hydrogen (secondary N) is 2. The molecule has 2 N–H and O–H groups in total. The largest absolute Gasteiger partial charge is 0.497 e. The van der Waals surface area contributed by atoms with Gasteiger partial charge in [-0.1, -0.05) is 60.7 Å². The Bertz CT molecular complexity index is 1090. The van der Waals surface area contributed by atoms with Crippen LogP contribution < -0.4 is 10.1 Å². The van der Waals surface area contributed by atoms with Crippen LogP contribution in [0.1, 0.15) is 27.5 Å². The van der Waals surface area contributed by atoms with E-state index < -0.39 is 6.04 Å². The molecule has 0 aliphatic rings. The van der Waals surface area contributed by atoms with E-state index in [0.29, 0.717) is 12.1 Å². The van der Waals surface area contributed by atoms with Gasteiger partial charge < -0.3 is 9.72 Å². The normalized spacial score (nSPS) is 12.0. The van der Waals surface area contributed by atoms with Crippen LogP contribution in [0.5, 0.6) is 5.75 Å². The lowest BCUT2D eigenvalue weighted by atomic mass is 9.96. The molecule has 0 unspecified atom stereocenters. The summed E-state index contributed by atoms with van der Waals surface area (Å²) < 4.78 is 5.30. The third-order valence-corrected chi connectivity index (χ3v) is 4.89. The summed E-state index contributed by atoms with van der Waals surface area (Å²) in [7, 11) is 1.65. The van der Waals surface area contributed by atoms with E-state index >= 15 is 0 Å². The first-order valence-corrected chi connectivity index (χ1v) is 9.28. The van der Waals surface area contributed by atoms with Crippen molar-refractivity contribution in [1.82, 2.24) is 10.3 Å². The molecule has 0 aliphatic heterocycles. The lowest BCUT2D eigenvalue weighted by Crippen LogP contribution is -2.28. The molecule has 3 aromatic carbocycles. The maximum atomic E-state index is 13.5. The van der Waals surface area contributed by atoms with Gasteiger partial charge in [-0.25, -0.2) is 0 Å². The Hall–Kier alpha value is -3.37. The number of para-hydroxylation sites is 1. The fourth-order valence-electron chi connectivity index (χ4n) is 3.44. The molecule has 4 heteroatoms. The molecule has 1 atom stereocenters. The van der Waals surface area contributed by atoms with E-state index in [1.807, 2.05) is 78.9 Å². The predicted molar refractivity (Wildman–Crippen MR) is 112 cm³/mol. The van der Waals surface area contributed by atoms with E-state index in [0.717, 1.165) is 27.8 Å². The van der Waals surface area contributed by atoms with Crippen LogP contribution in [0.3, 0.4) is 0 Å². The zero-order chi connectivity index (χ0) is 19.3. The lowest BCUT2D eigenvalue weighted by molar-refractivity contribution is 0.0943. The number of fused-ring (bicyclic) bond motifs is 1. The number of methoxy groups -OCH3 is 1. The van der Waals surface area contributed by atoms with Crippen molar-refractivity contribution in [1.29, 1.82) is 0 Å². The lowest BCUT2D eigenvalue weighted by Gasteiger charge is -2.18. The number of aromatic amines is 1. The highest BCUT2D eigenvalue weighted by Gasteiger charge is 2.24. The molecule has 0 bridgehead atoms. The molecular weight excluding hydrogens is 348 g/mol. The third kappa shape index (κ3) is 3.68. The van der Waals surface area contributed by atoms with Crippen molar-refractivity contribution in [3.63, 3.8) is 0 Å². The van der Waals surface area contributed by atoms with Crippen LogP contribution in [0.4, 0.5) is 0 Å².